The molecule has 0 saturated carbocycles. The van der Waals surface area contributed by atoms with Crippen LogP contribution in [0.4, 0.5) is 13.2 Å². The lowest BCUT2D eigenvalue weighted by Gasteiger charge is -2.24. The number of hydrogen-bond donors (Lipinski definition) is 1. The number of rotatable bonds is 7. The van der Waals surface area contributed by atoms with Crippen LogP contribution < -0.4 is 9.47 Å². The van der Waals surface area contributed by atoms with Gasteiger partial charge in [-0.05, 0) is 61.0 Å². The average molecular weight is 569 g/mol. The van der Waals surface area contributed by atoms with Crippen LogP contribution in [0.15, 0.2) is 72.9 Å². The summed E-state index contributed by atoms with van der Waals surface area (Å²) in [6, 6.07) is 16.5. The van der Waals surface area contributed by atoms with Crippen LogP contribution in [0.5, 0.6) is 17.2 Å². The fourth-order valence-electron chi connectivity index (χ4n) is 4.31. The normalized spacial score (nSPS) is 14.7. The van der Waals surface area contributed by atoms with Crippen molar-refractivity contribution in [2.24, 2.45) is 0 Å². The van der Waals surface area contributed by atoms with Crippen molar-refractivity contribution in [2.75, 3.05) is 6.61 Å². The van der Waals surface area contributed by atoms with Gasteiger partial charge in [-0.25, -0.2) is 0 Å². The van der Waals surface area contributed by atoms with Crippen LogP contribution in [0.3, 0.4) is 0 Å². The number of carbonyl (C=O) groups excluding carboxylic acids is 1. The van der Waals surface area contributed by atoms with E-state index in [1.54, 1.807) is 48.5 Å². The topological polar surface area (TPSA) is 98.6 Å². The van der Waals surface area contributed by atoms with Gasteiger partial charge in [0.15, 0.2) is 5.78 Å². The number of aromatic nitrogens is 2. The number of carbonyl (C=O) groups is 2. The minimum absolute atomic E-state index is 0.0655. The van der Waals surface area contributed by atoms with Gasteiger partial charge >= 0.3 is 12.1 Å². The van der Waals surface area contributed by atoms with Crippen molar-refractivity contribution in [1.29, 1.82) is 0 Å². The maximum Gasteiger partial charge on any atom is 0.433 e. The number of carboxylic acids is 1. The molecule has 0 fully saturated rings. The van der Waals surface area contributed by atoms with Crippen molar-refractivity contribution in [2.45, 2.75) is 24.9 Å². The molecule has 0 bridgehead atoms. The Labute approximate surface area is 231 Å². The second kappa shape index (κ2) is 11.0. The first-order valence-corrected chi connectivity index (χ1v) is 12.5. The number of aliphatic carboxylic acids is 1. The molecule has 204 valence electrons. The quantitative estimate of drug-likeness (QED) is 0.240. The third kappa shape index (κ3) is 5.91. The van der Waals surface area contributed by atoms with Crippen molar-refractivity contribution in [3.63, 3.8) is 0 Å². The summed E-state index contributed by atoms with van der Waals surface area (Å²) in [4.78, 5) is 32.1. The number of hydrogen-bond acceptors (Lipinski definition) is 6. The standard InChI is InChI=1S/C29H20ClF3N2O5/c30-22-14-21-20(28(37)38)9-11-39-25(21)15-26(22)40-19-6-4-16(5-7-19)24(36)13-18-2-1-3-23(35-18)17-8-10-34-27(12-17)29(31,32)33/h1-8,10,12,14-15,20H,9,11,13H2,(H,37,38). The first kappa shape index (κ1) is 27.1. The number of benzene rings is 2. The van der Waals surface area contributed by atoms with E-state index in [2.05, 4.69) is 9.97 Å². The van der Waals surface area contributed by atoms with E-state index < -0.39 is 23.8 Å². The molecule has 2 aromatic heterocycles. The molecule has 0 radical (unpaired) electrons. The number of halogens is 4. The van der Waals surface area contributed by atoms with Crippen LogP contribution in [-0.2, 0) is 17.4 Å². The molecule has 2 aromatic carbocycles. The highest BCUT2D eigenvalue weighted by Crippen LogP contribution is 2.42. The van der Waals surface area contributed by atoms with Crippen molar-refractivity contribution in [3.8, 4) is 28.5 Å². The molecule has 5 rings (SSSR count). The van der Waals surface area contributed by atoms with E-state index in [9.17, 15) is 27.9 Å². The predicted octanol–water partition coefficient (Wildman–Crippen LogP) is 6.98. The average Bonchev–Trinajstić information content (AvgIpc) is 2.93. The van der Waals surface area contributed by atoms with E-state index in [1.807, 2.05) is 0 Å². The van der Waals surface area contributed by atoms with Gasteiger partial charge in [-0.3, -0.25) is 19.6 Å². The summed E-state index contributed by atoms with van der Waals surface area (Å²) in [7, 11) is 0. The fourth-order valence-corrected chi connectivity index (χ4v) is 4.52. The van der Waals surface area contributed by atoms with Gasteiger partial charge in [0.05, 0.1) is 29.7 Å². The Morgan fingerprint density at radius 3 is 2.58 bits per heavy atom. The van der Waals surface area contributed by atoms with Gasteiger partial charge in [0.2, 0.25) is 0 Å². The van der Waals surface area contributed by atoms with Gasteiger partial charge in [0, 0.05) is 34.6 Å². The zero-order valence-electron chi connectivity index (χ0n) is 20.6. The highest BCUT2D eigenvalue weighted by Gasteiger charge is 2.32. The van der Waals surface area contributed by atoms with E-state index >= 15 is 0 Å². The third-order valence-electron chi connectivity index (χ3n) is 6.30. The molecule has 0 spiro atoms. The first-order valence-electron chi connectivity index (χ1n) is 12.1. The zero-order valence-corrected chi connectivity index (χ0v) is 21.4. The van der Waals surface area contributed by atoms with Crippen molar-refractivity contribution >= 4 is 23.4 Å². The van der Waals surface area contributed by atoms with Gasteiger partial charge in [0.25, 0.3) is 0 Å². The molecule has 1 atom stereocenters. The number of pyridine rings is 2. The lowest BCUT2D eigenvalue weighted by molar-refractivity contribution is -0.141. The van der Waals surface area contributed by atoms with Crippen molar-refractivity contribution in [3.05, 3.63) is 100 Å². The van der Waals surface area contributed by atoms with E-state index in [1.165, 1.54) is 12.1 Å². The SMILES string of the molecule is O=C(Cc1cccc(-c2ccnc(C(F)(F)F)c2)n1)c1ccc(Oc2cc3c(cc2Cl)C(C(=O)O)CCO3)cc1. The van der Waals surface area contributed by atoms with Crippen molar-refractivity contribution < 1.29 is 37.3 Å². The number of alkyl halides is 3. The fraction of sp³-hybridized carbons (Fsp3) is 0.172. The lowest BCUT2D eigenvalue weighted by Crippen LogP contribution is -2.20. The maximum absolute atomic E-state index is 13.0. The minimum Gasteiger partial charge on any atom is -0.493 e. The monoisotopic (exact) mass is 568 g/mol. The van der Waals surface area contributed by atoms with Crippen LogP contribution >= 0.6 is 11.6 Å². The van der Waals surface area contributed by atoms with Gasteiger partial charge in [-0.2, -0.15) is 13.2 Å². The summed E-state index contributed by atoms with van der Waals surface area (Å²) < 4.78 is 50.5. The number of carboxylic acid groups (broad SMARTS) is 1. The molecule has 0 amide bonds. The number of nitrogens with zero attached hydrogens (tertiary/aromatic N) is 2. The Bertz CT molecular complexity index is 1590. The zero-order chi connectivity index (χ0) is 28.4. The first-order chi connectivity index (χ1) is 19.1. The van der Waals surface area contributed by atoms with E-state index in [4.69, 9.17) is 21.1 Å². The Morgan fingerprint density at radius 1 is 1.07 bits per heavy atom. The van der Waals surface area contributed by atoms with Crippen LogP contribution in [0.25, 0.3) is 11.3 Å². The summed E-state index contributed by atoms with van der Waals surface area (Å²) in [5.41, 5.74) is 0.773. The third-order valence-corrected chi connectivity index (χ3v) is 6.60. The van der Waals surface area contributed by atoms with Gasteiger partial charge < -0.3 is 14.6 Å². The van der Waals surface area contributed by atoms with Crippen molar-refractivity contribution in [1.82, 2.24) is 9.97 Å². The molecule has 1 aliphatic heterocycles. The molecule has 11 heteroatoms. The summed E-state index contributed by atoms with van der Waals surface area (Å²) >= 11 is 6.35. The Morgan fingerprint density at radius 2 is 1.85 bits per heavy atom. The highest BCUT2D eigenvalue weighted by atomic mass is 35.5. The largest absolute Gasteiger partial charge is 0.493 e. The van der Waals surface area contributed by atoms with Gasteiger partial charge in [-0.15, -0.1) is 0 Å². The van der Waals surface area contributed by atoms with E-state index in [-0.39, 0.29) is 35.1 Å². The molecule has 7 nitrogen and oxygen atoms in total. The maximum atomic E-state index is 13.0. The number of fused-ring (bicyclic) bond motifs is 1. The summed E-state index contributed by atoms with van der Waals surface area (Å²) in [6.45, 7) is 0.261. The van der Waals surface area contributed by atoms with Gasteiger partial charge in [0.1, 0.15) is 22.9 Å². The molecule has 1 aliphatic rings. The number of Topliss-reactive ketones (excluding diaryl/α,β-unsaturated/α-hetero) is 1. The summed E-state index contributed by atoms with van der Waals surface area (Å²) in [5.74, 6) is -0.858. The number of ketones is 1. The molecular weight excluding hydrogens is 549 g/mol. The van der Waals surface area contributed by atoms with Crippen LogP contribution in [0, 0.1) is 0 Å². The molecule has 0 aliphatic carbocycles. The Kier molecular flexibility index (Phi) is 7.44. The molecule has 0 saturated heterocycles. The molecule has 1 unspecified atom stereocenters. The van der Waals surface area contributed by atoms with Gasteiger partial charge in [-0.1, -0.05) is 17.7 Å². The van der Waals surface area contributed by atoms with Crippen LogP contribution in [0.2, 0.25) is 5.02 Å². The minimum atomic E-state index is -4.58. The second-order valence-electron chi connectivity index (χ2n) is 9.02. The molecule has 3 heterocycles. The van der Waals surface area contributed by atoms with Crippen LogP contribution in [0.1, 0.15) is 39.6 Å². The lowest BCUT2D eigenvalue weighted by atomic mass is 9.93. The van der Waals surface area contributed by atoms with Crippen LogP contribution in [-0.4, -0.2) is 33.4 Å². The second-order valence-corrected chi connectivity index (χ2v) is 9.42. The van der Waals surface area contributed by atoms with E-state index in [0.29, 0.717) is 40.4 Å². The molecule has 4 aromatic rings. The summed E-state index contributed by atoms with van der Waals surface area (Å²) in [5, 5.41) is 9.67. The highest BCUT2D eigenvalue weighted by molar-refractivity contribution is 6.32. The van der Waals surface area contributed by atoms with E-state index in [0.717, 1.165) is 12.3 Å². The molecule has 40 heavy (non-hydrogen) atoms. The Balaban J connectivity index is 1.28. The summed E-state index contributed by atoms with van der Waals surface area (Å²) in [6.07, 6.45) is -3.23. The predicted molar refractivity (Wildman–Crippen MR) is 139 cm³/mol. The molecular formula is C29H20ClF3N2O5. The Hall–Kier alpha value is -4.44. The molecule has 1 N–H and O–H groups in total. The number of ether oxygens (including phenoxy) is 2. The smallest absolute Gasteiger partial charge is 0.433 e.